The smallest absolute Gasteiger partial charge is 0.315 e. The van der Waals surface area contributed by atoms with Crippen molar-refractivity contribution in [2.24, 2.45) is 0 Å². The van der Waals surface area contributed by atoms with Crippen LogP contribution in [0.2, 0.25) is 5.02 Å². The summed E-state index contributed by atoms with van der Waals surface area (Å²) in [6.45, 7) is 0.679. The van der Waals surface area contributed by atoms with Gasteiger partial charge in [0.1, 0.15) is 11.8 Å². The molecule has 2 aromatic carbocycles. The molecule has 5 nitrogen and oxygen atoms in total. The molecule has 0 aliphatic rings. The first kappa shape index (κ1) is 18.1. The number of carbonyl (C=O) groups excluding carboxylic acids is 1. The fourth-order valence-corrected chi connectivity index (χ4v) is 2.69. The molecule has 0 saturated heterocycles. The fourth-order valence-electron chi connectivity index (χ4n) is 1.95. The number of ether oxygens (including phenoxy) is 1. The maximum absolute atomic E-state index is 11.9. The number of rotatable bonds is 6. The molecule has 2 aromatic rings. The predicted molar refractivity (Wildman–Crippen MR) is 95.8 cm³/mol. The molecule has 124 valence electrons. The summed E-state index contributed by atoms with van der Waals surface area (Å²) >= 11 is 9.44. The highest BCUT2D eigenvalue weighted by Crippen LogP contribution is 2.21. The van der Waals surface area contributed by atoms with Gasteiger partial charge in [0.25, 0.3) is 0 Å². The number of urea groups is 1. The van der Waals surface area contributed by atoms with Crippen molar-refractivity contribution in [2.75, 3.05) is 6.61 Å². The quantitative estimate of drug-likeness (QED) is 0.758. The van der Waals surface area contributed by atoms with Crippen LogP contribution in [0.1, 0.15) is 11.1 Å². The van der Waals surface area contributed by atoms with Crippen LogP contribution in [0.4, 0.5) is 4.79 Å². The molecule has 0 aliphatic heterocycles. The molecule has 24 heavy (non-hydrogen) atoms. The zero-order valence-electron chi connectivity index (χ0n) is 12.7. The maximum Gasteiger partial charge on any atom is 0.315 e. The number of amides is 2. The first-order valence-corrected chi connectivity index (χ1v) is 8.30. The maximum atomic E-state index is 11.9. The topological polar surface area (TPSA) is 74.1 Å². The Morgan fingerprint density at radius 3 is 2.75 bits per heavy atom. The van der Waals surface area contributed by atoms with E-state index in [0.29, 0.717) is 23.9 Å². The van der Waals surface area contributed by atoms with E-state index in [-0.39, 0.29) is 12.6 Å². The Morgan fingerprint density at radius 2 is 2.00 bits per heavy atom. The van der Waals surface area contributed by atoms with Crippen molar-refractivity contribution in [2.45, 2.75) is 13.1 Å². The van der Waals surface area contributed by atoms with E-state index in [1.54, 1.807) is 18.2 Å². The van der Waals surface area contributed by atoms with E-state index >= 15 is 0 Å². The van der Waals surface area contributed by atoms with Crippen LogP contribution in [0, 0.1) is 11.3 Å². The Labute approximate surface area is 153 Å². The Kier molecular flexibility index (Phi) is 6.91. The molecule has 0 bridgehead atoms. The normalized spacial score (nSPS) is 9.88. The highest BCUT2D eigenvalue weighted by Gasteiger charge is 2.05. The van der Waals surface area contributed by atoms with Crippen LogP contribution >= 0.6 is 27.5 Å². The molecule has 2 amide bonds. The summed E-state index contributed by atoms with van der Waals surface area (Å²) in [6, 6.07) is 14.3. The molecule has 7 heteroatoms. The second-order valence-corrected chi connectivity index (χ2v) is 6.19. The Hall–Kier alpha value is -2.23. The van der Waals surface area contributed by atoms with Crippen molar-refractivity contribution in [3.05, 3.63) is 63.1 Å². The summed E-state index contributed by atoms with van der Waals surface area (Å²) in [7, 11) is 0. The number of hydrogen-bond acceptors (Lipinski definition) is 3. The summed E-state index contributed by atoms with van der Waals surface area (Å²) in [6.07, 6.45) is 0. The van der Waals surface area contributed by atoms with Crippen molar-refractivity contribution in [1.29, 1.82) is 5.26 Å². The van der Waals surface area contributed by atoms with Crippen molar-refractivity contribution in [3.63, 3.8) is 0 Å². The number of hydrogen-bond donors (Lipinski definition) is 2. The number of carbonyl (C=O) groups is 1. The molecule has 0 aliphatic carbocycles. The van der Waals surface area contributed by atoms with Crippen LogP contribution in [0.5, 0.6) is 5.75 Å². The first-order chi connectivity index (χ1) is 11.6. The minimum absolute atomic E-state index is 0.00861. The summed E-state index contributed by atoms with van der Waals surface area (Å²) in [4.78, 5) is 11.9. The summed E-state index contributed by atoms with van der Waals surface area (Å²) in [5.41, 5.74) is 1.71. The van der Waals surface area contributed by atoms with Crippen molar-refractivity contribution < 1.29 is 9.53 Å². The third-order valence-corrected chi connectivity index (χ3v) is 3.95. The molecule has 0 fully saturated rings. The highest BCUT2D eigenvalue weighted by molar-refractivity contribution is 9.10. The molecule has 0 saturated carbocycles. The van der Waals surface area contributed by atoms with Crippen LogP contribution in [-0.2, 0) is 13.1 Å². The number of nitrogens with one attached hydrogen (secondary N) is 2. The largest absolute Gasteiger partial charge is 0.479 e. The van der Waals surface area contributed by atoms with Crippen molar-refractivity contribution in [1.82, 2.24) is 10.6 Å². The second-order valence-electron chi connectivity index (χ2n) is 4.87. The Balaban J connectivity index is 1.82. The standard InChI is InChI=1S/C17H15BrClN3O2/c18-14-5-4-13(16(19)9-14)11-22-17(23)21-10-12-2-1-3-15(8-12)24-7-6-20/h1-5,8-9H,7,10-11H2,(H2,21,22,23). The number of benzene rings is 2. The average Bonchev–Trinajstić information content (AvgIpc) is 2.58. The molecule has 0 heterocycles. The third-order valence-electron chi connectivity index (χ3n) is 3.11. The molecular formula is C17H15BrClN3O2. The van der Waals surface area contributed by atoms with E-state index in [1.165, 1.54) is 0 Å². The SMILES string of the molecule is N#CCOc1cccc(CNC(=O)NCc2ccc(Br)cc2Cl)c1. The molecule has 2 rings (SSSR count). The minimum atomic E-state index is -0.294. The van der Waals surface area contributed by atoms with Gasteiger partial charge in [-0.2, -0.15) is 5.26 Å². The summed E-state index contributed by atoms with van der Waals surface area (Å²) in [5.74, 6) is 0.595. The molecule has 2 N–H and O–H groups in total. The third kappa shape index (κ3) is 5.76. The van der Waals surface area contributed by atoms with E-state index in [1.807, 2.05) is 30.3 Å². The highest BCUT2D eigenvalue weighted by atomic mass is 79.9. The number of nitriles is 1. The van der Waals surface area contributed by atoms with Crippen LogP contribution in [-0.4, -0.2) is 12.6 Å². The van der Waals surface area contributed by atoms with Gasteiger partial charge in [-0.15, -0.1) is 0 Å². The van der Waals surface area contributed by atoms with Gasteiger partial charge < -0.3 is 15.4 Å². The predicted octanol–water partition coefficient (Wildman–Crippen LogP) is 4.00. The van der Waals surface area contributed by atoms with Crippen LogP contribution in [0.25, 0.3) is 0 Å². The lowest BCUT2D eigenvalue weighted by molar-refractivity contribution is 0.240. The van der Waals surface area contributed by atoms with Crippen LogP contribution in [0.3, 0.4) is 0 Å². The van der Waals surface area contributed by atoms with Gasteiger partial charge in [0.05, 0.1) is 0 Å². The zero-order chi connectivity index (χ0) is 17.4. The van der Waals surface area contributed by atoms with Crippen molar-refractivity contribution >= 4 is 33.6 Å². The minimum Gasteiger partial charge on any atom is -0.479 e. The van der Waals surface area contributed by atoms with Crippen molar-refractivity contribution in [3.8, 4) is 11.8 Å². The molecule has 0 atom stereocenters. The van der Waals surface area contributed by atoms with Gasteiger partial charge in [-0.3, -0.25) is 0 Å². The molecule has 0 spiro atoms. The molecular weight excluding hydrogens is 394 g/mol. The Bertz CT molecular complexity index is 762. The summed E-state index contributed by atoms with van der Waals surface area (Å²) < 4.78 is 6.11. The number of halogens is 2. The first-order valence-electron chi connectivity index (χ1n) is 7.13. The Morgan fingerprint density at radius 1 is 1.21 bits per heavy atom. The van der Waals surface area contributed by atoms with Gasteiger partial charge in [0.15, 0.2) is 6.61 Å². The van der Waals surface area contributed by atoms with Gasteiger partial charge in [-0.25, -0.2) is 4.79 Å². The second kappa shape index (κ2) is 9.16. The molecule has 0 radical (unpaired) electrons. The van der Waals surface area contributed by atoms with E-state index in [9.17, 15) is 4.79 Å². The fraction of sp³-hybridized carbons (Fsp3) is 0.176. The van der Waals surface area contributed by atoms with Gasteiger partial charge in [0.2, 0.25) is 0 Å². The van der Waals surface area contributed by atoms with Crippen LogP contribution in [0.15, 0.2) is 46.9 Å². The van der Waals surface area contributed by atoms with E-state index in [2.05, 4.69) is 26.6 Å². The lowest BCUT2D eigenvalue weighted by Crippen LogP contribution is -2.34. The van der Waals surface area contributed by atoms with Gasteiger partial charge in [0, 0.05) is 22.6 Å². The van der Waals surface area contributed by atoms with Gasteiger partial charge in [-0.05, 0) is 35.4 Å². The average molecular weight is 409 g/mol. The summed E-state index contributed by atoms with van der Waals surface area (Å²) in [5, 5.41) is 14.6. The number of nitrogens with zero attached hydrogens (tertiary/aromatic N) is 1. The van der Waals surface area contributed by atoms with Gasteiger partial charge >= 0.3 is 6.03 Å². The van der Waals surface area contributed by atoms with E-state index in [4.69, 9.17) is 21.6 Å². The molecule has 0 unspecified atom stereocenters. The molecule has 0 aromatic heterocycles. The lowest BCUT2D eigenvalue weighted by Gasteiger charge is -2.10. The zero-order valence-corrected chi connectivity index (χ0v) is 15.0. The van der Waals surface area contributed by atoms with E-state index in [0.717, 1.165) is 15.6 Å². The monoisotopic (exact) mass is 407 g/mol. The van der Waals surface area contributed by atoms with Crippen LogP contribution < -0.4 is 15.4 Å². The van der Waals surface area contributed by atoms with Gasteiger partial charge in [-0.1, -0.05) is 45.7 Å². The lowest BCUT2D eigenvalue weighted by atomic mass is 10.2. The van der Waals surface area contributed by atoms with E-state index < -0.39 is 0 Å².